The van der Waals surface area contributed by atoms with Gasteiger partial charge in [-0.1, -0.05) is 27.7 Å². The van der Waals surface area contributed by atoms with E-state index in [0.717, 1.165) is 24.2 Å². The first-order valence-corrected chi connectivity index (χ1v) is 7.11. The molecule has 0 heterocycles. The SMILES string of the molecule is C[C@@H]1CC[C@@]2(O)[C@H]1[C@H]1[C@H](CC[C@@H]2C)C1(C)C. The molecule has 1 heteroatoms. The van der Waals surface area contributed by atoms with Gasteiger partial charge in [-0.25, -0.2) is 0 Å². The lowest BCUT2D eigenvalue weighted by molar-refractivity contribution is -0.0624. The molecule has 3 fully saturated rings. The molecule has 0 aromatic carbocycles. The Morgan fingerprint density at radius 1 is 1.00 bits per heavy atom. The van der Waals surface area contributed by atoms with Crippen molar-refractivity contribution in [2.45, 2.75) is 59.0 Å². The Morgan fingerprint density at radius 3 is 2.38 bits per heavy atom. The molecular formula is C15H26O. The molecule has 16 heavy (non-hydrogen) atoms. The maximum absolute atomic E-state index is 11.1. The fraction of sp³-hybridized carbons (Fsp3) is 1.00. The van der Waals surface area contributed by atoms with Gasteiger partial charge in [-0.05, 0) is 60.7 Å². The van der Waals surface area contributed by atoms with Crippen molar-refractivity contribution in [1.82, 2.24) is 0 Å². The Kier molecular flexibility index (Phi) is 2.11. The third kappa shape index (κ3) is 1.16. The lowest BCUT2D eigenvalue weighted by Gasteiger charge is -2.37. The zero-order chi connectivity index (χ0) is 11.7. The van der Waals surface area contributed by atoms with Gasteiger partial charge in [0.1, 0.15) is 0 Å². The van der Waals surface area contributed by atoms with E-state index in [1.54, 1.807) is 0 Å². The first-order valence-electron chi connectivity index (χ1n) is 7.11. The van der Waals surface area contributed by atoms with Crippen LogP contribution in [0.3, 0.4) is 0 Å². The molecule has 6 atom stereocenters. The molecule has 3 rings (SSSR count). The highest BCUT2D eigenvalue weighted by Gasteiger charge is 2.68. The summed E-state index contributed by atoms with van der Waals surface area (Å²) in [4.78, 5) is 0. The average Bonchev–Trinajstić information content (AvgIpc) is 2.64. The van der Waals surface area contributed by atoms with Crippen LogP contribution in [0.2, 0.25) is 0 Å². The highest BCUT2D eigenvalue weighted by molar-refractivity contribution is 5.17. The van der Waals surface area contributed by atoms with Crippen molar-refractivity contribution >= 4 is 0 Å². The van der Waals surface area contributed by atoms with Gasteiger partial charge in [-0.2, -0.15) is 0 Å². The van der Waals surface area contributed by atoms with Crippen LogP contribution in [0.15, 0.2) is 0 Å². The number of rotatable bonds is 0. The van der Waals surface area contributed by atoms with Crippen LogP contribution in [0.1, 0.15) is 53.4 Å². The standard InChI is InChI=1S/C15H26O/c1-9-7-8-15(16)10(2)5-6-11-13(12(9)15)14(11,3)4/h9-13,16H,5-8H2,1-4H3/t9-,10+,11+,12-,13-,15+/m1/s1. The summed E-state index contributed by atoms with van der Waals surface area (Å²) in [7, 11) is 0. The highest BCUT2D eigenvalue weighted by Crippen LogP contribution is 2.71. The number of fused-ring (bicyclic) bond motifs is 3. The molecule has 92 valence electrons. The fourth-order valence-corrected chi connectivity index (χ4v) is 5.27. The summed E-state index contributed by atoms with van der Waals surface area (Å²) in [5, 5.41) is 11.1. The van der Waals surface area contributed by atoms with Crippen molar-refractivity contribution in [3.8, 4) is 0 Å². The molecule has 0 aromatic heterocycles. The molecule has 0 saturated heterocycles. The van der Waals surface area contributed by atoms with E-state index in [1.165, 1.54) is 19.3 Å². The minimum absolute atomic E-state index is 0.327. The van der Waals surface area contributed by atoms with E-state index < -0.39 is 0 Å². The van der Waals surface area contributed by atoms with Gasteiger partial charge in [-0.3, -0.25) is 0 Å². The lowest BCUT2D eigenvalue weighted by Crippen LogP contribution is -2.42. The number of aliphatic hydroxyl groups is 1. The zero-order valence-electron chi connectivity index (χ0n) is 11.2. The highest BCUT2D eigenvalue weighted by atomic mass is 16.3. The molecule has 0 aliphatic heterocycles. The largest absolute Gasteiger partial charge is 0.389 e. The molecule has 3 saturated carbocycles. The number of hydrogen-bond donors (Lipinski definition) is 1. The van der Waals surface area contributed by atoms with Gasteiger partial charge in [0.05, 0.1) is 5.60 Å². The summed E-state index contributed by atoms with van der Waals surface area (Å²) in [6, 6.07) is 0. The summed E-state index contributed by atoms with van der Waals surface area (Å²) in [5.41, 5.74) is 0.185. The van der Waals surface area contributed by atoms with E-state index in [0.29, 0.717) is 17.3 Å². The molecular weight excluding hydrogens is 196 g/mol. The molecule has 0 bridgehead atoms. The van der Waals surface area contributed by atoms with Crippen LogP contribution in [0.4, 0.5) is 0 Å². The summed E-state index contributed by atoms with van der Waals surface area (Å²) < 4.78 is 0. The lowest BCUT2D eigenvalue weighted by atomic mass is 9.73. The van der Waals surface area contributed by atoms with E-state index in [-0.39, 0.29) is 5.60 Å². The third-order valence-electron chi connectivity index (χ3n) is 6.48. The quantitative estimate of drug-likeness (QED) is 0.665. The van der Waals surface area contributed by atoms with Crippen molar-refractivity contribution in [3.63, 3.8) is 0 Å². The Labute approximate surface area is 99.6 Å². The summed E-state index contributed by atoms with van der Waals surface area (Å²) in [6.45, 7) is 9.49. The van der Waals surface area contributed by atoms with E-state index in [4.69, 9.17) is 0 Å². The van der Waals surface area contributed by atoms with Crippen LogP contribution in [0.25, 0.3) is 0 Å². The molecule has 0 amide bonds. The predicted octanol–water partition coefficient (Wildman–Crippen LogP) is 3.47. The first kappa shape index (κ1) is 11.1. The van der Waals surface area contributed by atoms with Crippen LogP contribution in [0.5, 0.6) is 0 Å². The molecule has 0 radical (unpaired) electrons. The Morgan fingerprint density at radius 2 is 1.69 bits per heavy atom. The minimum atomic E-state index is -0.327. The van der Waals surface area contributed by atoms with Crippen LogP contribution in [-0.2, 0) is 0 Å². The first-order chi connectivity index (χ1) is 7.39. The molecule has 0 aromatic rings. The van der Waals surface area contributed by atoms with Crippen molar-refractivity contribution < 1.29 is 5.11 Å². The maximum Gasteiger partial charge on any atom is 0.0706 e. The minimum Gasteiger partial charge on any atom is -0.389 e. The van der Waals surface area contributed by atoms with Crippen LogP contribution >= 0.6 is 0 Å². The Hall–Kier alpha value is -0.0400. The van der Waals surface area contributed by atoms with Crippen LogP contribution in [-0.4, -0.2) is 10.7 Å². The molecule has 1 N–H and O–H groups in total. The molecule has 3 aliphatic rings. The van der Waals surface area contributed by atoms with Crippen LogP contribution < -0.4 is 0 Å². The van der Waals surface area contributed by atoms with Gasteiger partial charge in [-0.15, -0.1) is 0 Å². The van der Waals surface area contributed by atoms with Crippen molar-refractivity contribution in [2.75, 3.05) is 0 Å². The van der Waals surface area contributed by atoms with Crippen molar-refractivity contribution in [3.05, 3.63) is 0 Å². The second kappa shape index (κ2) is 3.04. The smallest absolute Gasteiger partial charge is 0.0706 e. The normalized spacial score (nSPS) is 58.7. The molecule has 3 aliphatic carbocycles. The zero-order valence-corrected chi connectivity index (χ0v) is 11.2. The van der Waals surface area contributed by atoms with Crippen LogP contribution in [0, 0.1) is 35.0 Å². The second-order valence-corrected chi connectivity index (χ2v) is 7.47. The van der Waals surface area contributed by atoms with E-state index >= 15 is 0 Å². The van der Waals surface area contributed by atoms with Gasteiger partial charge < -0.3 is 5.11 Å². The molecule has 0 unspecified atom stereocenters. The second-order valence-electron chi connectivity index (χ2n) is 7.47. The Bertz CT molecular complexity index is 309. The Balaban J connectivity index is 1.98. The average molecular weight is 222 g/mol. The van der Waals surface area contributed by atoms with Gasteiger partial charge in [0.15, 0.2) is 0 Å². The van der Waals surface area contributed by atoms with Gasteiger partial charge in [0.2, 0.25) is 0 Å². The van der Waals surface area contributed by atoms with Gasteiger partial charge >= 0.3 is 0 Å². The topological polar surface area (TPSA) is 20.2 Å². The predicted molar refractivity (Wildman–Crippen MR) is 66.0 cm³/mol. The van der Waals surface area contributed by atoms with Crippen molar-refractivity contribution in [2.24, 2.45) is 35.0 Å². The fourth-order valence-electron chi connectivity index (χ4n) is 5.27. The summed E-state index contributed by atoms with van der Waals surface area (Å²) in [5.74, 6) is 3.55. The van der Waals surface area contributed by atoms with Crippen molar-refractivity contribution in [1.29, 1.82) is 0 Å². The summed E-state index contributed by atoms with van der Waals surface area (Å²) in [6.07, 6.45) is 4.89. The molecule has 0 spiro atoms. The number of hydrogen-bond acceptors (Lipinski definition) is 1. The van der Waals surface area contributed by atoms with E-state index in [2.05, 4.69) is 27.7 Å². The van der Waals surface area contributed by atoms with Gasteiger partial charge in [0, 0.05) is 0 Å². The third-order valence-corrected chi connectivity index (χ3v) is 6.48. The maximum atomic E-state index is 11.1. The molecule has 1 nitrogen and oxygen atoms in total. The van der Waals surface area contributed by atoms with E-state index in [1.807, 2.05) is 0 Å². The monoisotopic (exact) mass is 222 g/mol. The van der Waals surface area contributed by atoms with Gasteiger partial charge in [0.25, 0.3) is 0 Å². The summed E-state index contributed by atoms with van der Waals surface area (Å²) >= 11 is 0. The van der Waals surface area contributed by atoms with E-state index in [9.17, 15) is 5.11 Å².